The molecule has 1 fully saturated rings. The van der Waals surface area contributed by atoms with Gasteiger partial charge < -0.3 is 9.84 Å². The maximum absolute atomic E-state index is 12.3. The van der Waals surface area contributed by atoms with E-state index in [1.807, 2.05) is 50.2 Å². The molecule has 0 spiro atoms. The molecule has 0 saturated carbocycles. The third-order valence-corrected chi connectivity index (χ3v) is 4.57. The highest BCUT2D eigenvalue weighted by Gasteiger charge is 2.20. The van der Waals surface area contributed by atoms with Crippen molar-refractivity contribution in [2.75, 3.05) is 32.7 Å². The van der Waals surface area contributed by atoms with Crippen LogP contribution in [0.1, 0.15) is 30.0 Å². The Morgan fingerprint density at radius 1 is 1.20 bits per heavy atom. The molecule has 1 aliphatic heterocycles. The van der Waals surface area contributed by atoms with Crippen LogP contribution in [0.15, 0.2) is 40.9 Å². The number of nitrogens with one attached hydrogen (secondary N) is 1. The van der Waals surface area contributed by atoms with E-state index in [1.165, 1.54) is 0 Å². The molecule has 1 aromatic heterocycles. The Morgan fingerprint density at radius 3 is 2.52 bits per heavy atom. The van der Waals surface area contributed by atoms with E-state index in [4.69, 9.17) is 4.52 Å². The molecule has 1 atom stereocenters. The van der Waals surface area contributed by atoms with Gasteiger partial charge in [-0.25, -0.2) is 0 Å². The van der Waals surface area contributed by atoms with E-state index < -0.39 is 0 Å². The molecular formula is C19H26N4O2. The minimum atomic E-state index is 0.0321. The predicted molar refractivity (Wildman–Crippen MR) is 96.0 cm³/mol. The molecular weight excluding hydrogens is 316 g/mol. The van der Waals surface area contributed by atoms with E-state index in [2.05, 4.69) is 20.3 Å². The van der Waals surface area contributed by atoms with Crippen LogP contribution in [0.3, 0.4) is 0 Å². The topological polar surface area (TPSA) is 61.6 Å². The van der Waals surface area contributed by atoms with Gasteiger partial charge in [0.1, 0.15) is 0 Å². The van der Waals surface area contributed by atoms with E-state index in [-0.39, 0.29) is 11.9 Å². The average molecular weight is 342 g/mol. The van der Waals surface area contributed by atoms with Crippen molar-refractivity contribution in [1.29, 1.82) is 0 Å². The van der Waals surface area contributed by atoms with E-state index in [9.17, 15) is 4.79 Å². The monoisotopic (exact) mass is 342 g/mol. The third kappa shape index (κ3) is 5.14. The maximum Gasteiger partial charge on any atom is 0.234 e. The molecule has 1 aromatic carbocycles. The Kier molecular flexibility index (Phi) is 5.83. The first kappa shape index (κ1) is 17.6. The van der Waals surface area contributed by atoms with Gasteiger partial charge >= 0.3 is 0 Å². The van der Waals surface area contributed by atoms with Crippen molar-refractivity contribution in [2.45, 2.75) is 26.4 Å². The summed E-state index contributed by atoms with van der Waals surface area (Å²) in [7, 11) is 0. The smallest absolute Gasteiger partial charge is 0.234 e. The van der Waals surface area contributed by atoms with Gasteiger partial charge in [0.05, 0.1) is 24.8 Å². The van der Waals surface area contributed by atoms with Gasteiger partial charge in [-0.2, -0.15) is 0 Å². The normalized spacial score (nSPS) is 17.4. The van der Waals surface area contributed by atoms with Crippen LogP contribution in [0.5, 0.6) is 0 Å². The quantitative estimate of drug-likeness (QED) is 0.870. The van der Waals surface area contributed by atoms with Gasteiger partial charge in [-0.3, -0.25) is 14.6 Å². The van der Waals surface area contributed by atoms with Crippen molar-refractivity contribution >= 4 is 5.91 Å². The Labute approximate surface area is 148 Å². The van der Waals surface area contributed by atoms with E-state index in [0.717, 1.165) is 49.7 Å². The maximum atomic E-state index is 12.3. The molecule has 2 aromatic rings. The van der Waals surface area contributed by atoms with Crippen LogP contribution in [-0.2, 0) is 11.3 Å². The molecule has 1 N–H and O–H groups in total. The van der Waals surface area contributed by atoms with Crippen LogP contribution in [0.2, 0.25) is 0 Å². The summed E-state index contributed by atoms with van der Waals surface area (Å²) in [4.78, 5) is 16.8. The van der Waals surface area contributed by atoms with Crippen molar-refractivity contribution < 1.29 is 9.32 Å². The zero-order valence-electron chi connectivity index (χ0n) is 14.9. The van der Waals surface area contributed by atoms with Crippen molar-refractivity contribution in [3.8, 4) is 0 Å². The van der Waals surface area contributed by atoms with Crippen LogP contribution in [0.25, 0.3) is 0 Å². The first-order valence-corrected chi connectivity index (χ1v) is 8.81. The van der Waals surface area contributed by atoms with Gasteiger partial charge in [-0.05, 0) is 19.4 Å². The molecule has 0 aliphatic carbocycles. The zero-order chi connectivity index (χ0) is 17.6. The number of benzene rings is 1. The number of carbonyl (C=O) groups is 1. The van der Waals surface area contributed by atoms with Gasteiger partial charge in [-0.1, -0.05) is 35.5 Å². The van der Waals surface area contributed by atoms with Gasteiger partial charge in [0.15, 0.2) is 5.76 Å². The van der Waals surface area contributed by atoms with Gasteiger partial charge in [0.2, 0.25) is 5.91 Å². The molecule has 1 amide bonds. The third-order valence-electron chi connectivity index (χ3n) is 4.57. The fourth-order valence-corrected chi connectivity index (χ4v) is 3.13. The van der Waals surface area contributed by atoms with Crippen LogP contribution in [0, 0.1) is 6.92 Å². The molecule has 6 heteroatoms. The highest BCUT2D eigenvalue weighted by Crippen LogP contribution is 2.12. The molecule has 3 rings (SSSR count). The molecule has 1 saturated heterocycles. The molecule has 1 aliphatic rings. The highest BCUT2D eigenvalue weighted by molar-refractivity contribution is 5.78. The number of nitrogens with zero attached hydrogens (tertiary/aromatic N) is 3. The van der Waals surface area contributed by atoms with Crippen LogP contribution < -0.4 is 5.32 Å². The summed E-state index contributed by atoms with van der Waals surface area (Å²) in [5, 5.41) is 7.00. The van der Waals surface area contributed by atoms with E-state index in [0.29, 0.717) is 6.54 Å². The number of hydrogen-bond donors (Lipinski definition) is 1. The highest BCUT2D eigenvalue weighted by atomic mass is 16.5. The molecule has 1 unspecified atom stereocenters. The summed E-state index contributed by atoms with van der Waals surface area (Å²) < 4.78 is 5.27. The van der Waals surface area contributed by atoms with Crippen molar-refractivity contribution in [2.24, 2.45) is 0 Å². The molecule has 2 heterocycles. The Balaban J connectivity index is 1.40. The SMILES string of the molecule is Cc1cc(CN2CCN(CC(=O)NC(C)c3ccccc3)CC2)on1. The second-order valence-electron chi connectivity index (χ2n) is 6.69. The number of aryl methyl sites for hydroxylation is 1. The summed E-state index contributed by atoms with van der Waals surface area (Å²) in [5.41, 5.74) is 2.04. The van der Waals surface area contributed by atoms with Gasteiger partial charge in [0, 0.05) is 32.2 Å². The lowest BCUT2D eigenvalue weighted by atomic mass is 10.1. The van der Waals surface area contributed by atoms with E-state index in [1.54, 1.807) is 0 Å². The van der Waals surface area contributed by atoms with Crippen molar-refractivity contribution in [3.05, 3.63) is 53.4 Å². The lowest BCUT2D eigenvalue weighted by Gasteiger charge is -2.33. The number of rotatable bonds is 6. The second kappa shape index (κ2) is 8.27. The van der Waals surface area contributed by atoms with Gasteiger partial charge in [0.25, 0.3) is 0 Å². The average Bonchev–Trinajstić information content (AvgIpc) is 3.02. The number of aromatic nitrogens is 1. The minimum Gasteiger partial charge on any atom is -0.360 e. The number of piperazine rings is 1. The van der Waals surface area contributed by atoms with Crippen LogP contribution in [0.4, 0.5) is 0 Å². The van der Waals surface area contributed by atoms with Crippen molar-refractivity contribution in [3.63, 3.8) is 0 Å². The zero-order valence-corrected chi connectivity index (χ0v) is 14.9. The first-order chi connectivity index (χ1) is 12.1. The molecule has 0 bridgehead atoms. The lowest BCUT2D eigenvalue weighted by molar-refractivity contribution is -0.123. The van der Waals surface area contributed by atoms with Crippen molar-refractivity contribution in [1.82, 2.24) is 20.3 Å². The minimum absolute atomic E-state index is 0.0321. The molecule has 25 heavy (non-hydrogen) atoms. The van der Waals surface area contributed by atoms with Crippen LogP contribution in [-0.4, -0.2) is 53.6 Å². The molecule has 134 valence electrons. The Hall–Kier alpha value is -2.18. The number of amides is 1. The summed E-state index contributed by atoms with van der Waals surface area (Å²) >= 11 is 0. The molecule has 6 nitrogen and oxygen atoms in total. The predicted octanol–water partition coefficient (Wildman–Crippen LogP) is 1.98. The first-order valence-electron chi connectivity index (χ1n) is 8.81. The summed E-state index contributed by atoms with van der Waals surface area (Å²) in [6.07, 6.45) is 0. The summed E-state index contributed by atoms with van der Waals surface area (Å²) in [5.74, 6) is 0.982. The lowest BCUT2D eigenvalue weighted by Crippen LogP contribution is -2.49. The summed E-state index contributed by atoms with van der Waals surface area (Å²) in [6, 6.07) is 12.1. The number of carbonyl (C=O) groups excluding carboxylic acids is 1. The molecule has 0 radical (unpaired) electrons. The van der Waals surface area contributed by atoms with E-state index >= 15 is 0 Å². The second-order valence-corrected chi connectivity index (χ2v) is 6.69. The Morgan fingerprint density at radius 2 is 1.88 bits per heavy atom. The summed E-state index contributed by atoms with van der Waals surface area (Å²) in [6.45, 7) is 8.83. The standard InChI is InChI=1S/C19H26N4O2/c1-15-12-18(25-21-15)13-22-8-10-23(11-9-22)14-19(24)20-16(2)17-6-4-3-5-7-17/h3-7,12,16H,8-11,13-14H2,1-2H3,(H,20,24). The fraction of sp³-hybridized carbons (Fsp3) is 0.474. The van der Waals surface area contributed by atoms with Gasteiger partial charge in [-0.15, -0.1) is 0 Å². The Bertz CT molecular complexity index is 678. The fourth-order valence-electron chi connectivity index (χ4n) is 3.13. The van der Waals surface area contributed by atoms with Crippen LogP contribution >= 0.6 is 0 Å². The largest absolute Gasteiger partial charge is 0.360 e. The number of hydrogen-bond acceptors (Lipinski definition) is 5.